The van der Waals surface area contributed by atoms with Crippen LogP contribution in [0.25, 0.3) is 98.8 Å². The van der Waals surface area contributed by atoms with Crippen LogP contribution < -0.4 is 0 Å². The molecule has 0 atom stereocenters. The lowest BCUT2D eigenvalue weighted by atomic mass is 9.74. The maximum Gasteiger partial charge on any atom is 0.139 e. The topological polar surface area (TPSA) is 13.1 Å². The SMILES string of the molecule is [2H]c1c([2H])c(-c2c3c([2H])c(C)c(C)c([2H])c3c(-c3c(C)c(C)c(C)c4oc5c(C)c6c(C)c([2H])c([2H])c(C)c6c(C)c5c34)c3c([2H])c(C)c([2H])c(C)c23)c(C)c(C)c1-c1c(C)c(C)c2c(c1C)C(C)(C)c1c(C)c(C)c(C)c(C)c1-2. The highest BCUT2D eigenvalue weighted by atomic mass is 16.3. The average molecular weight is 951 g/mol. The summed E-state index contributed by atoms with van der Waals surface area (Å²) in [5, 5.41) is 5.51. The molecule has 11 rings (SSSR count). The molecule has 0 saturated heterocycles. The van der Waals surface area contributed by atoms with Gasteiger partial charge in [-0.05, 0) is 327 Å². The fourth-order valence-corrected chi connectivity index (χ4v) is 14.0. The van der Waals surface area contributed by atoms with Gasteiger partial charge < -0.3 is 4.42 Å². The average Bonchev–Trinajstić information content (AvgIpc) is 4.01. The van der Waals surface area contributed by atoms with Crippen molar-refractivity contribution < 1.29 is 15.4 Å². The molecule has 10 aromatic rings. The smallest absolute Gasteiger partial charge is 0.139 e. The van der Waals surface area contributed by atoms with Crippen LogP contribution in [0.2, 0.25) is 0 Å². The van der Waals surface area contributed by atoms with Crippen molar-refractivity contribution in [1.82, 2.24) is 0 Å². The normalized spacial score (nSPS) is 14.8. The Balaban J connectivity index is 1.35. The van der Waals surface area contributed by atoms with Gasteiger partial charge in [-0.15, -0.1) is 0 Å². The molecule has 0 radical (unpaired) electrons. The van der Waals surface area contributed by atoms with Crippen molar-refractivity contribution >= 4 is 54.3 Å². The first kappa shape index (κ1) is 39.1. The molecule has 0 fully saturated rings. The van der Waals surface area contributed by atoms with E-state index in [0.717, 1.165) is 88.3 Å². The molecule has 1 nitrogen and oxygen atoms in total. The number of rotatable bonds is 3. The van der Waals surface area contributed by atoms with Crippen molar-refractivity contribution in [2.45, 2.75) is 158 Å². The van der Waals surface area contributed by atoms with Crippen molar-refractivity contribution in [3.63, 3.8) is 0 Å². The van der Waals surface area contributed by atoms with Gasteiger partial charge in [0.1, 0.15) is 11.2 Å². The summed E-state index contributed by atoms with van der Waals surface area (Å²) in [6.07, 6.45) is 0. The van der Waals surface area contributed by atoms with Crippen LogP contribution in [0, 0.1) is 138 Å². The molecular weight excluding hydrogens is 869 g/mol. The van der Waals surface area contributed by atoms with E-state index in [-0.39, 0.29) is 53.8 Å². The van der Waals surface area contributed by atoms with Crippen molar-refractivity contribution in [1.29, 1.82) is 0 Å². The minimum absolute atomic E-state index is 0.00287. The van der Waals surface area contributed by atoms with Gasteiger partial charge in [0.25, 0.3) is 0 Å². The zero-order valence-corrected chi connectivity index (χ0v) is 46.9. The molecule has 0 bridgehead atoms. The highest BCUT2D eigenvalue weighted by Gasteiger charge is 2.42. The molecule has 9 aromatic carbocycles. The minimum atomic E-state index is -0.334. The Morgan fingerprint density at radius 1 is 0.306 bits per heavy atom. The fraction of sp³-hybridized carbons (Fsp3) is 0.324. The van der Waals surface area contributed by atoms with E-state index >= 15 is 0 Å². The zero-order valence-electron chi connectivity index (χ0n) is 54.9. The van der Waals surface area contributed by atoms with E-state index in [1.165, 1.54) is 50.1 Å². The lowest BCUT2D eigenvalue weighted by Gasteiger charge is -2.29. The van der Waals surface area contributed by atoms with Gasteiger partial charge in [-0.3, -0.25) is 0 Å². The molecule has 1 aromatic heterocycles. The first-order chi connectivity index (χ1) is 37.2. The third-order valence-electron chi connectivity index (χ3n) is 18.5. The second-order valence-electron chi connectivity index (χ2n) is 22.6. The second kappa shape index (κ2) is 15.8. The fourth-order valence-electron chi connectivity index (χ4n) is 14.0. The Bertz CT molecular complexity index is 4560. The Labute approximate surface area is 440 Å². The first-order valence-corrected chi connectivity index (χ1v) is 25.9. The Hall–Kier alpha value is -6.44. The molecule has 0 N–H and O–H groups in total. The number of fused-ring (bicyclic) bond motifs is 9. The van der Waals surface area contributed by atoms with E-state index in [4.69, 9.17) is 7.16 Å². The van der Waals surface area contributed by atoms with E-state index < -0.39 is 0 Å². The largest absolute Gasteiger partial charge is 0.455 e. The molecule has 1 aliphatic carbocycles. The number of benzene rings is 9. The number of hydrogen-bond donors (Lipinski definition) is 0. The number of hydrogen-bond acceptors (Lipinski definition) is 1. The summed E-state index contributed by atoms with van der Waals surface area (Å²) in [6.45, 7) is 46.1. The molecule has 1 heterocycles. The third-order valence-corrected chi connectivity index (χ3v) is 18.5. The maximum absolute atomic E-state index is 10.5. The summed E-state index contributed by atoms with van der Waals surface area (Å²) in [6, 6.07) is 1.18. The van der Waals surface area contributed by atoms with Gasteiger partial charge in [-0.25, -0.2) is 0 Å². The molecule has 1 heteroatoms. The summed E-state index contributed by atoms with van der Waals surface area (Å²) in [4.78, 5) is 0. The highest BCUT2D eigenvalue weighted by Crippen LogP contribution is 2.58. The van der Waals surface area contributed by atoms with E-state index in [1.54, 1.807) is 0 Å². The van der Waals surface area contributed by atoms with E-state index in [2.05, 4.69) is 96.9 Å². The van der Waals surface area contributed by atoms with E-state index in [1.807, 2.05) is 55.4 Å². The summed E-state index contributed by atoms with van der Waals surface area (Å²) >= 11 is 0. The Morgan fingerprint density at radius 2 is 0.764 bits per heavy atom. The van der Waals surface area contributed by atoms with E-state index in [9.17, 15) is 8.22 Å². The van der Waals surface area contributed by atoms with Crippen LogP contribution in [0.1, 0.15) is 147 Å². The van der Waals surface area contributed by atoms with Gasteiger partial charge in [-0.2, -0.15) is 0 Å². The van der Waals surface area contributed by atoms with E-state index in [0.29, 0.717) is 82.8 Å². The van der Waals surface area contributed by atoms with Crippen LogP contribution in [0.3, 0.4) is 0 Å². The summed E-state index contributed by atoms with van der Waals surface area (Å²) < 4.78 is 87.1. The standard InChI is InChI=1S/C71H74O/c1-31-27-36(6)58-55(28-31)65(60-42(12)39(9)47(17)69-66(60)63-48(18)56-32(2)23-24-33(3)57(56)50(20)70(63)72-69)54-30-35(5)34(4)29-53(54)64(58)52-26-25-51(40(10)41(52)11)59-44(14)45(15)62-61-43(13)37(7)38(8)46(16)67(61)71(21,22)68(62)49(59)19/h23-30H,1-22H3/i23D,24D,25D,26D,27D,28D,29D,30D. The Morgan fingerprint density at radius 3 is 1.36 bits per heavy atom. The molecule has 0 unspecified atom stereocenters. The molecule has 1 aliphatic rings. The van der Waals surface area contributed by atoms with Crippen LogP contribution in [-0.4, -0.2) is 0 Å². The van der Waals surface area contributed by atoms with Gasteiger partial charge in [-0.1, -0.05) is 67.8 Å². The molecule has 72 heavy (non-hydrogen) atoms. The molecule has 364 valence electrons. The maximum atomic E-state index is 10.5. The van der Waals surface area contributed by atoms with Crippen LogP contribution >= 0.6 is 0 Å². The Kier molecular flexibility index (Phi) is 8.58. The number of furan rings is 1. The van der Waals surface area contributed by atoms with Gasteiger partial charge in [0.15, 0.2) is 0 Å². The lowest BCUT2D eigenvalue weighted by molar-refractivity contribution is 0.649. The van der Waals surface area contributed by atoms with Gasteiger partial charge in [0, 0.05) is 21.8 Å². The molecule has 0 aliphatic heterocycles. The lowest BCUT2D eigenvalue weighted by Crippen LogP contribution is -2.19. The van der Waals surface area contributed by atoms with Crippen LogP contribution in [0.15, 0.2) is 52.8 Å². The molecular formula is C71H74O. The van der Waals surface area contributed by atoms with Crippen LogP contribution in [0.4, 0.5) is 0 Å². The van der Waals surface area contributed by atoms with Gasteiger partial charge in [0.2, 0.25) is 0 Å². The second-order valence-corrected chi connectivity index (χ2v) is 22.6. The minimum Gasteiger partial charge on any atom is -0.455 e. The monoisotopic (exact) mass is 951 g/mol. The predicted molar refractivity (Wildman–Crippen MR) is 315 cm³/mol. The number of aryl methyl sites for hydroxylation is 6. The summed E-state index contributed by atoms with van der Waals surface area (Å²) in [5.41, 5.74) is 28.9. The first-order valence-electron chi connectivity index (χ1n) is 29.9. The third kappa shape index (κ3) is 6.00. The highest BCUT2D eigenvalue weighted by molar-refractivity contribution is 6.29. The van der Waals surface area contributed by atoms with Crippen molar-refractivity contribution in [2.24, 2.45) is 0 Å². The summed E-state index contributed by atoms with van der Waals surface area (Å²) in [7, 11) is 0. The quantitative estimate of drug-likeness (QED) is 0.161. The molecule has 0 amide bonds. The molecule has 0 saturated carbocycles. The van der Waals surface area contributed by atoms with Crippen molar-refractivity contribution in [2.75, 3.05) is 0 Å². The molecule has 0 spiro atoms. The zero-order chi connectivity index (χ0) is 58.9. The van der Waals surface area contributed by atoms with Gasteiger partial charge in [0.05, 0.1) is 11.0 Å². The van der Waals surface area contributed by atoms with Crippen LogP contribution in [-0.2, 0) is 5.41 Å². The van der Waals surface area contributed by atoms with Crippen molar-refractivity contribution in [3.05, 3.63) is 171 Å². The van der Waals surface area contributed by atoms with Crippen molar-refractivity contribution in [3.8, 4) is 44.5 Å². The van der Waals surface area contributed by atoms with Gasteiger partial charge >= 0.3 is 0 Å². The predicted octanol–water partition coefficient (Wildman–Crippen LogP) is 20.5. The van der Waals surface area contributed by atoms with Crippen LogP contribution in [0.5, 0.6) is 0 Å². The summed E-state index contributed by atoms with van der Waals surface area (Å²) in [5.74, 6) is 0.